The Morgan fingerprint density at radius 3 is 2.47 bits per heavy atom. The van der Waals surface area contributed by atoms with Gasteiger partial charge < -0.3 is 14.6 Å². The number of nitrogens with one attached hydrogen (secondary N) is 1. The number of furan rings is 1. The van der Waals surface area contributed by atoms with Gasteiger partial charge in [0.05, 0.1) is 24.0 Å². The Balaban J connectivity index is 1.47. The number of thiocarbonyl (C=S) groups is 1. The van der Waals surface area contributed by atoms with E-state index in [0.29, 0.717) is 11.7 Å². The second-order valence-corrected chi connectivity index (χ2v) is 9.11. The number of hydrogen-bond donors (Lipinski definition) is 1. The number of aryl methyl sites for hydroxylation is 1. The van der Waals surface area contributed by atoms with Gasteiger partial charge in [0, 0.05) is 17.3 Å². The summed E-state index contributed by atoms with van der Waals surface area (Å²) in [6.07, 6.45) is 3.61. The van der Waals surface area contributed by atoms with Gasteiger partial charge in [-0.2, -0.15) is 0 Å². The minimum absolute atomic E-state index is 0.115. The Morgan fingerprint density at radius 1 is 0.969 bits per heavy atom. The van der Waals surface area contributed by atoms with Gasteiger partial charge in [-0.05, 0) is 67.7 Å². The fourth-order valence-electron chi connectivity index (χ4n) is 3.82. The van der Waals surface area contributed by atoms with Gasteiger partial charge in [-0.15, -0.1) is 0 Å². The van der Waals surface area contributed by atoms with Crippen LogP contribution in [0.3, 0.4) is 0 Å². The van der Waals surface area contributed by atoms with E-state index in [1.54, 1.807) is 24.2 Å². The number of pyridine rings is 2. The van der Waals surface area contributed by atoms with Gasteiger partial charge in [-0.25, -0.2) is 0 Å². The van der Waals surface area contributed by atoms with Gasteiger partial charge in [0.2, 0.25) is 0 Å². The van der Waals surface area contributed by atoms with Crippen molar-refractivity contribution < 1.29 is 4.42 Å². The molecule has 4 aromatic rings. The average molecular weight is 459 g/mol. The van der Waals surface area contributed by atoms with Gasteiger partial charge in [0.15, 0.2) is 10.2 Å². The second-order valence-electron chi connectivity index (χ2n) is 7.65. The quantitative estimate of drug-likeness (QED) is 0.372. The van der Waals surface area contributed by atoms with Crippen molar-refractivity contribution in [1.82, 2.24) is 20.2 Å². The largest absolute Gasteiger partial charge is 0.452 e. The molecule has 0 bridgehead atoms. The summed E-state index contributed by atoms with van der Waals surface area (Å²) in [6, 6.07) is 24.1. The molecule has 0 amide bonds. The second kappa shape index (κ2) is 9.14. The van der Waals surface area contributed by atoms with Crippen LogP contribution in [0.15, 0.2) is 99.6 Å². The Kier molecular flexibility index (Phi) is 5.92. The van der Waals surface area contributed by atoms with Gasteiger partial charge >= 0.3 is 0 Å². The highest BCUT2D eigenvalue weighted by Gasteiger charge is 2.41. The monoisotopic (exact) mass is 458 g/mol. The third kappa shape index (κ3) is 4.40. The highest BCUT2D eigenvalue weighted by atomic mass is 32.2. The number of aromatic nitrogens is 2. The van der Waals surface area contributed by atoms with Crippen molar-refractivity contribution in [3.05, 3.63) is 108 Å². The first-order chi connectivity index (χ1) is 15.7. The topological polar surface area (TPSA) is 54.2 Å². The third-order valence-corrected chi connectivity index (χ3v) is 6.67. The van der Waals surface area contributed by atoms with Crippen molar-refractivity contribution in [3.63, 3.8) is 0 Å². The van der Waals surface area contributed by atoms with Gasteiger partial charge in [0.1, 0.15) is 11.8 Å². The van der Waals surface area contributed by atoms with Crippen LogP contribution in [0.4, 0.5) is 0 Å². The molecule has 4 heterocycles. The predicted molar refractivity (Wildman–Crippen MR) is 129 cm³/mol. The van der Waals surface area contributed by atoms with Crippen LogP contribution < -0.4 is 5.32 Å². The van der Waals surface area contributed by atoms with Crippen molar-refractivity contribution >= 4 is 29.1 Å². The lowest BCUT2D eigenvalue weighted by atomic mass is 10.0. The van der Waals surface area contributed by atoms with E-state index in [1.165, 1.54) is 5.56 Å². The van der Waals surface area contributed by atoms with E-state index in [-0.39, 0.29) is 12.1 Å². The molecular weight excluding hydrogens is 436 g/mol. The summed E-state index contributed by atoms with van der Waals surface area (Å²) in [7, 11) is 0. The SMILES string of the molecule is Cc1ccc(Sc2ccc([C@@H]3[C@H](c4ccccn4)NC(=S)N3Cc3ccccn3)o2)cc1. The molecule has 0 saturated carbocycles. The number of benzene rings is 1. The highest BCUT2D eigenvalue weighted by molar-refractivity contribution is 7.99. The molecule has 32 heavy (non-hydrogen) atoms. The van der Waals surface area contributed by atoms with Gasteiger partial charge in [-0.3, -0.25) is 9.97 Å². The first-order valence-corrected chi connectivity index (χ1v) is 11.6. The molecule has 7 heteroatoms. The van der Waals surface area contributed by atoms with Crippen LogP contribution in [0.25, 0.3) is 0 Å². The molecule has 2 atom stereocenters. The maximum absolute atomic E-state index is 6.34. The maximum Gasteiger partial charge on any atom is 0.170 e. The van der Waals surface area contributed by atoms with E-state index in [2.05, 4.69) is 51.4 Å². The zero-order chi connectivity index (χ0) is 21.9. The molecule has 1 aromatic carbocycles. The standard InChI is InChI=1S/C25H22N4OS2/c1-17-8-10-19(11-9-17)32-22-13-12-21(30-22)24-23(20-7-3-5-15-27-20)28-25(31)29(24)16-18-6-2-4-14-26-18/h2-15,23-24H,16H2,1H3,(H,28,31)/t23-,24+/m0/s1. The molecule has 0 aliphatic carbocycles. The third-order valence-electron chi connectivity index (χ3n) is 5.39. The summed E-state index contributed by atoms with van der Waals surface area (Å²) in [5, 5.41) is 4.97. The fourth-order valence-corrected chi connectivity index (χ4v) is 4.91. The van der Waals surface area contributed by atoms with E-state index >= 15 is 0 Å². The van der Waals surface area contributed by atoms with Crippen molar-refractivity contribution in [1.29, 1.82) is 0 Å². The van der Waals surface area contributed by atoms with E-state index in [4.69, 9.17) is 16.6 Å². The summed E-state index contributed by atoms with van der Waals surface area (Å²) < 4.78 is 6.34. The van der Waals surface area contributed by atoms with Crippen LogP contribution in [-0.2, 0) is 6.54 Å². The van der Waals surface area contributed by atoms with Crippen molar-refractivity contribution in [2.45, 2.75) is 35.5 Å². The van der Waals surface area contributed by atoms with E-state index in [0.717, 1.165) is 27.1 Å². The zero-order valence-electron chi connectivity index (χ0n) is 17.5. The summed E-state index contributed by atoms with van der Waals surface area (Å²) in [4.78, 5) is 12.4. The maximum atomic E-state index is 6.34. The number of nitrogens with zero attached hydrogens (tertiary/aromatic N) is 3. The van der Waals surface area contributed by atoms with E-state index < -0.39 is 0 Å². The smallest absolute Gasteiger partial charge is 0.170 e. The first-order valence-electron chi connectivity index (χ1n) is 10.4. The average Bonchev–Trinajstić information content (AvgIpc) is 3.41. The molecule has 1 N–H and O–H groups in total. The van der Waals surface area contributed by atoms with Crippen LogP contribution in [0, 0.1) is 6.92 Å². The number of rotatable bonds is 6. The minimum Gasteiger partial charge on any atom is -0.452 e. The number of hydrogen-bond acceptors (Lipinski definition) is 5. The van der Waals surface area contributed by atoms with Gasteiger partial charge in [-0.1, -0.05) is 41.6 Å². The molecule has 3 aromatic heterocycles. The Labute approximate surface area is 196 Å². The van der Waals surface area contributed by atoms with Crippen molar-refractivity contribution in [2.75, 3.05) is 0 Å². The Bertz CT molecular complexity index is 1200. The van der Waals surface area contributed by atoms with Crippen LogP contribution in [-0.4, -0.2) is 20.0 Å². The molecule has 0 spiro atoms. The molecule has 1 fully saturated rings. The lowest BCUT2D eigenvalue weighted by Gasteiger charge is -2.25. The van der Waals surface area contributed by atoms with Crippen molar-refractivity contribution in [2.24, 2.45) is 0 Å². The predicted octanol–water partition coefficient (Wildman–Crippen LogP) is 5.70. The summed E-state index contributed by atoms with van der Waals surface area (Å²) in [5.41, 5.74) is 3.11. The Hall–Kier alpha value is -3.16. The summed E-state index contributed by atoms with van der Waals surface area (Å²) >= 11 is 7.34. The molecule has 1 saturated heterocycles. The van der Waals surface area contributed by atoms with Crippen molar-refractivity contribution in [3.8, 4) is 0 Å². The van der Waals surface area contributed by atoms with Crippen LogP contribution in [0.5, 0.6) is 0 Å². The van der Waals surface area contributed by atoms with Crippen LogP contribution in [0.2, 0.25) is 0 Å². The molecule has 0 radical (unpaired) electrons. The van der Waals surface area contributed by atoms with Gasteiger partial charge in [0.25, 0.3) is 0 Å². The lowest BCUT2D eigenvalue weighted by molar-refractivity contribution is 0.253. The Morgan fingerprint density at radius 2 is 1.75 bits per heavy atom. The summed E-state index contributed by atoms with van der Waals surface area (Å²) in [6.45, 7) is 2.67. The molecule has 5 rings (SSSR count). The van der Waals surface area contributed by atoms with Crippen LogP contribution >= 0.6 is 24.0 Å². The molecule has 0 unspecified atom stereocenters. The van der Waals surface area contributed by atoms with E-state index in [1.807, 2.05) is 48.5 Å². The summed E-state index contributed by atoms with van der Waals surface area (Å²) in [5.74, 6) is 0.846. The van der Waals surface area contributed by atoms with E-state index in [9.17, 15) is 0 Å². The van der Waals surface area contributed by atoms with Crippen LogP contribution in [0.1, 0.15) is 34.8 Å². The molecule has 1 aliphatic rings. The molecular formula is C25H22N4OS2. The highest BCUT2D eigenvalue weighted by Crippen LogP contribution is 2.41. The molecule has 160 valence electrons. The molecule has 5 nitrogen and oxygen atoms in total. The minimum atomic E-state index is -0.133. The lowest BCUT2D eigenvalue weighted by Crippen LogP contribution is -2.29. The fraction of sp³-hybridized carbons (Fsp3) is 0.160. The zero-order valence-corrected chi connectivity index (χ0v) is 19.1. The first kappa shape index (κ1) is 20.7. The normalized spacial score (nSPS) is 18.0. The molecule has 1 aliphatic heterocycles.